The highest BCUT2D eigenvalue weighted by Crippen LogP contribution is 2.21. The van der Waals surface area contributed by atoms with Crippen molar-refractivity contribution in [3.63, 3.8) is 0 Å². The second-order valence-electron chi connectivity index (χ2n) is 5.82. The van der Waals surface area contributed by atoms with E-state index < -0.39 is 0 Å². The van der Waals surface area contributed by atoms with Gasteiger partial charge < -0.3 is 5.32 Å². The number of nitrogens with zero attached hydrogens (tertiary/aromatic N) is 2. The van der Waals surface area contributed by atoms with Crippen molar-refractivity contribution in [2.24, 2.45) is 0 Å². The monoisotopic (exact) mass is 311 g/mol. The fraction of sp³-hybridized carbons (Fsp3) is 0.400. The smallest absolute Gasteiger partial charge is 0.0678 e. The van der Waals surface area contributed by atoms with Crippen LogP contribution in [0.4, 0.5) is 0 Å². The Kier molecular flexibility index (Phi) is 4.74. The van der Waals surface area contributed by atoms with Crippen molar-refractivity contribution in [3.8, 4) is 0 Å². The Hall–Kier alpha value is -1.03. The van der Waals surface area contributed by atoms with Gasteiger partial charge in [0.2, 0.25) is 0 Å². The van der Waals surface area contributed by atoms with E-state index in [0.29, 0.717) is 16.6 Å². The minimum absolute atomic E-state index is 0.0722. The molecule has 2 rings (SSSR count). The third-order valence-electron chi connectivity index (χ3n) is 2.93. The van der Waals surface area contributed by atoms with Gasteiger partial charge in [0.05, 0.1) is 12.2 Å². The van der Waals surface area contributed by atoms with Crippen LogP contribution in [-0.4, -0.2) is 15.3 Å². The molecule has 108 valence electrons. The maximum Gasteiger partial charge on any atom is 0.0678 e. The van der Waals surface area contributed by atoms with Gasteiger partial charge in [-0.25, -0.2) is 0 Å². The maximum atomic E-state index is 6.20. The van der Waals surface area contributed by atoms with E-state index in [1.165, 1.54) is 0 Å². The molecule has 2 aromatic rings. The maximum absolute atomic E-state index is 6.20. The van der Waals surface area contributed by atoms with Gasteiger partial charge >= 0.3 is 0 Å². The molecular weight excluding hydrogens is 293 g/mol. The number of rotatable bonds is 4. The molecule has 0 atom stereocenters. The Balaban J connectivity index is 2.14. The molecule has 1 N–H and O–H groups in total. The van der Waals surface area contributed by atoms with Crippen LogP contribution in [0.5, 0.6) is 0 Å². The van der Waals surface area contributed by atoms with E-state index in [2.05, 4.69) is 31.2 Å². The van der Waals surface area contributed by atoms with Gasteiger partial charge in [-0.05, 0) is 50.6 Å². The number of nitrogens with one attached hydrogen (secondary N) is 1. The first-order valence-corrected chi connectivity index (χ1v) is 7.30. The Bertz CT molecular complexity index is 585. The average molecular weight is 312 g/mol. The Morgan fingerprint density at radius 1 is 1.20 bits per heavy atom. The van der Waals surface area contributed by atoms with E-state index in [-0.39, 0.29) is 5.54 Å². The minimum atomic E-state index is 0.0722. The molecule has 5 heteroatoms. The van der Waals surface area contributed by atoms with E-state index in [1.54, 1.807) is 12.3 Å². The van der Waals surface area contributed by atoms with Gasteiger partial charge in [0.15, 0.2) is 0 Å². The molecule has 0 aliphatic rings. The van der Waals surface area contributed by atoms with Crippen molar-refractivity contribution < 1.29 is 0 Å². The van der Waals surface area contributed by atoms with Crippen LogP contribution >= 0.6 is 23.2 Å². The van der Waals surface area contributed by atoms with E-state index in [0.717, 1.165) is 17.8 Å². The van der Waals surface area contributed by atoms with Crippen LogP contribution in [0.25, 0.3) is 0 Å². The van der Waals surface area contributed by atoms with Crippen molar-refractivity contribution in [1.82, 2.24) is 15.1 Å². The molecule has 1 heterocycles. The van der Waals surface area contributed by atoms with E-state index >= 15 is 0 Å². The van der Waals surface area contributed by atoms with Crippen LogP contribution in [0, 0.1) is 0 Å². The summed E-state index contributed by atoms with van der Waals surface area (Å²) in [4.78, 5) is 0. The molecule has 3 nitrogen and oxygen atoms in total. The summed E-state index contributed by atoms with van der Waals surface area (Å²) in [6.07, 6.45) is 1.80. The fourth-order valence-corrected chi connectivity index (χ4v) is 2.21. The number of hydrogen-bond acceptors (Lipinski definition) is 2. The van der Waals surface area contributed by atoms with Gasteiger partial charge in [-0.1, -0.05) is 23.2 Å². The molecular formula is C15H19Cl2N3. The molecule has 1 aromatic carbocycles. The molecule has 1 aromatic heterocycles. The van der Waals surface area contributed by atoms with E-state index in [9.17, 15) is 0 Å². The van der Waals surface area contributed by atoms with Crippen molar-refractivity contribution in [3.05, 3.63) is 51.8 Å². The second-order valence-corrected chi connectivity index (χ2v) is 6.66. The SMILES string of the molecule is CC(C)(C)NCc1ccnn1Cc1cc(Cl)ccc1Cl. The minimum Gasteiger partial charge on any atom is -0.306 e. The normalized spacial score (nSPS) is 11.8. The van der Waals surface area contributed by atoms with Crippen molar-refractivity contribution in [2.45, 2.75) is 39.4 Å². The number of hydrogen-bond donors (Lipinski definition) is 1. The summed E-state index contributed by atoms with van der Waals surface area (Å²) in [5.41, 5.74) is 2.17. The first-order valence-electron chi connectivity index (χ1n) is 6.55. The number of benzene rings is 1. The summed E-state index contributed by atoms with van der Waals surface area (Å²) in [7, 11) is 0. The molecule has 0 aliphatic heterocycles. The summed E-state index contributed by atoms with van der Waals surface area (Å²) >= 11 is 12.2. The van der Waals surface area contributed by atoms with Crippen molar-refractivity contribution in [1.29, 1.82) is 0 Å². The first-order chi connectivity index (χ1) is 9.35. The standard InChI is InChI=1S/C15H19Cl2N3/c1-15(2,3)18-9-13-6-7-19-20(13)10-11-8-12(16)4-5-14(11)17/h4-8,18H,9-10H2,1-3H3. The molecule has 20 heavy (non-hydrogen) atoms. The average Bonchev–Trinajstić information content (AvgIpc) is 2.78. The van der Waals surface area contributed by atoms with Gasteiger partial charge in [-0.2, -0.15) is 5.10 Å². The van der Waals surface area contributed by atoms with Crippen molar-refractivity contribution >= 4 is 23.2 Å². The molecule has 0 saturated carbocycles. The third kappa shape index (κ3) is 4.23. The molecule has 0 aliphatic carbocycles. The second kappa shape index (κ2) is 6.17. The molecule has 0 amide bonds. The summed E-state index contributed by atoms with van der Waals surface area (Å²) in [5, 5.41) is 9.21. The highest BCUT2D eigenvalue weighted by atomic mass is 35.5. The zero-order valence-corrected chi connectivity index (χ0v) is 13.5. The topological polar surface area (TPSA) is 29.9 Å². The number of halogens is 2. The van der Waals surface area contributed by atoms with Gasteiger partial charge in [0, 0.05) is 28.3 Å². The fourth-order valence-electron chi connectivity index (χ4n) is 1.83. The summed E-state index contributed by atoms with van der Waals surface area (Å²) in [6, 6.07) is 7.50. The summed E-state index contributed by atoms with van der Waals surface area (Å²) in [6.45, 7) is 7.81. The first kappa shape index (κ1) is 15.4. The van der Waals surface area contributed by atoms with Crippen molar-refractivity contribution in [2.75, 3.05) is 0 Å². The lowest BCUT2D eigenvalue weighted by Crippen LogP contribution is -2.35. The lowest BCUT2D eigenvalue weighted by molar-refractivity contribution is 0.414. The molecule has 0 bridgehead atoms. The van der Waals surface area contributed by atoms with Crippen LogP contribution in [0.15, 0.2) is 30.5 Å². The molecule has 0 fully saturated rings. The lowest BCUT2D eigenvalue weighted by atomic mass is 10.1. The Labute approximate surface area is 129 Å². The summed E-state index contributed by atoms with van der Waals surface area (Å²) in [5.74, 6) is 0. The van der Waals surface area contributed by atoms with Gasteiger partial charge in [0.1, 0.15) is 0 Å². The zero-order chi connectivity index (χ0) is 14.8. The zero-order valence-electron chi connectivity index (χ0n) is 12.0. The highest BCUT2D eigenvalue weighted by Gasteiger charge is 2.11. The molecule has 0 saturated heterocycles. The van der Waals surface area contributed by atoms with Crippen LogP contribution in [-0.2, 0) is 13.1 Å². The van der Waals surface area contributed by atoms with Gasteiger partial charge in [0.25, 0.3) is 0 Å². The highest BCUT2D eigenvalue weighted by molar-refractivity contribution is 6.33. The summed E-state index contributed by atoms with van der Waals surface area (Å²) < 4.78 is 1.94. The predicted molar refractivity (Wildman–Crippen MR) is 84.4 cm³/mol. The van der Waals surface area contributed by atoms with Crippen LogP contribution in [0.2, 0.25) is 10.0 Å². The Morgan fingerprint density at radius 3 is 2.65 bits per heavy atom. The van der Waals surface area contributed by atoms with E-state index in [1.807, 2.05) is 22.9 Å². The van der Waals surface area contributed by atoms with Gasteiger partial charge in [-0.3, -0.25) is 4.68 Å². The quantitative estimate of drug-likeness (QED) is 0.920. The van der Waals surface area contributed by atoms with Crippen LogP contribution < -0.4 is 5.32 Å². The van der Waals surface area contributed by atoms with Crippen LogP contribution in [0.3, 0.4) is 0 Å². The van der Waals surface area contributed by atoms with Crippen LogP contribution in [0.1, 0.15) is 32.0 Å². The third-order valence-corrected chi connectivity index (χ3v) is 3.54. The largest absolute Gasteiger partial charge is 0.306 e. The molecule has 0 unspecified atom stereocenters. The van der Waals surface area contributed by atoms with Gasteiger partial charge in [-0.15, -0.1) is 0 Å². The van der Waals surface area contributed by atoms with E-state index in [4.69, 9.17) is 23.2 Å². The Morgan fingerprint density at radius 2 is 1.95 bits per heavy atom. The predicted octanol–water partition coefficient (Wildman–Crippen LogP) is 4.13. The lowest BCUT2D eigenvalue weighted by Gasteiger charge is -2.21. The molecule has 0 radical (unpaired) electrons. The molecule has 0 spiro atoms. The number of aromatic nitrogens is 2.